The highest BCUT2D eigenvalue weighted by atomic mass is 35.5. The maximum Gasteiger partial charge on any atom is 0.0408 e. The Bertz CT molecular complexity index is 338. The first-order valence-electron chi connectivity index (χ1n) is 7.16. The van der Waals surface area contributed by atoms with Crippen molar-refractivity contribution < 1.29 is 0 Å². The van der Waals surface area contributed by atoms with Crippen molar-refractivity contribution in [1.29, 1.82) is 0 Å². The van der Waals surface area contributed by atoms with Gasteiger partial charge in [0.05, 0.1) is 0 Å². The normalized spacial score (nSPS) is 14.4. The molecule has 1 aromatic rings. The molecule has 0 spiro atoms. The summed E-state index contributed by atoms with van der Waals surface area (Å²) in [6, 6.07) is 9.33. The third-order valence-corrected chi connectivity index (χ3v) is 3.59. The third-order valence-electron chi connectivity index (χ3n) is 3.35. The molecule has 1 N–H and O–H groups in total. The lowest BCUT2D eigenvalue weighted by Gasteiger charge is -2.22. The highest BCUT2D eigenvalue weighted by Gasteiger charge is 2.10. The second-order valence-electron chi connectivity index (χ2n) is 5.15. The standard InChI is InChI=1S/C16H26ClN/c1-4-6-10-16(5-2)18-13(3)11-14-8-7-9-15(17)12-14/h7-9,12-13,16,18H,4-6,10-11H2,1-3H3. The fourth-order valence-electron chi connectivity index (χ4n) is 2.33. The van der Waals surface area contributed by atoms with E-state index in [4.69, 9.17) is 11.6 Å². The molecule has 18 heavy (non-hydrogen) atoms. The van der Waals surface area contributed by atoms with Crippen molar-refractivity contribution in [3.63, 3.8) is 0 Å². The van der Waals surface area contributed by atoms with Gasteiger partial charge in [0.2, 0.25) is 0 Å². The highest BCUT2D eigenvalue weighted by Crippen LogP contribution is 2.13. The van der Waals surface area contributed by atoms with Crippen LogP contribution in [0.1, 0.15) is 52.0 Å². The highest BCUT2D eigenvalue weighted by molar-refractivity contribution is 6.30. The second kappa shape index (κ2) is 8.55. The van der Waals surface area contributed by atoms with E-state index in [1.54, 1.807) is 0 Å². The average Bonchev–Trinajstić information content (AvgIpc) is 2.34. The number of unbranched alkanes of at least 4 members (excludes halogenated alkanes) is 1. The van der Waals surface area contributed by atoms with Gasteiger partial charge < -0.3 is 5.32 Å². The van der Waals surface area contributed by atoms with Gasteiger partial charge in [-0.15, -0.1) is 0 Å². The van der Waals surface area contributed by atoms with Gasteiger partial charge in [0.15, 0.2) is 0 Å². The summed E-state index contributed by atoms with van der Waals surface area (Å²) in [6.45, 7) is 6.77. The van der Waals surface area contributed by atoms with Crippen molar-refractivity contribution in [2.45, 2.75) is 65.0 Å². The number of hydrogen-bond donors (Lipinski definition) is 1. The van der Waals surface area contributed by atoms with Gasteiger partial charge in [0, 0.05) is 17.1 Å². The quantitative estimate of drug-likeness (QED) is 0.711. The van der Waals surface area contributed by atoms with E-state index in [2.05, 4.69) is 38.2 Å². The monoisotopic (exact) mass is 267 g/mol. The van der Waals surface area contributed by atoms with Crippen molar-refractivity contribution in [3.05, 3.63) is 34.9 Å². The van der Waals surface area contributed by atoms with Crippen LogP contribution in [-0.2, 0) is 6.42 Å². The summed E-state index contributed by atoms with van der Waals surface area (Å²) in [5.41, 5.74) is 1.31. The molecular weight excluding hydrogens is 242 g/mol. The number of rotatable bonds is 8. The lowest BCUT2D eigenvalue weighted by molar-refractivity contribution is 0.402. The van der Waals surface area contributed by atoms with Crippen molar-refractivity contribution in [2.75, 3.05) is 0 Å². The summed E-state index contributed by atoms with van der Waals surface area (Å²) in [7, 11) is 0. The van der Waals surface area contributed by atoms with Crippen LogP contribution in [0, 0.1) is 0 Å². The second-order valence-corrected chi connectivity index (χ2v) is 5.59. The molecule has 0 fully saturated rings. The zero-order valence-corrected chi connectivity index (χ0v) is 12.6. The Hall–Kier alpha value is -0.530. The van der Waals surface area contributed by atoms with Crippen LogP contribution in [0.4, 0.5) is 0 Å². The van der Waals surface area contributed by atoms with Crippen LogP contribution in [0.15, 0.2) is 24.3 Å². The van der Waals surface area contributed by atoms with Crippen molar-refractivity contribution in [3.8, 4) is 0 Å². The minimum atomic E-state index is 0.505. The van der Waals surface area contributed by atoms with E-state index >= 15 is 0 Å². The summed E-state index contributed by atoms with van der Waals surface area (Å²) in [6.07, 6.45) is 6.13. The molecule has 0 radical (unpaired) electrons. The molecule has 1 nitrogen and oxygen atoms in total. The molecule has 2 unspecified atom stereocenters. The fraction of sp³-hybridized carbons (Fsp3) is 0.625. The Morgan fingerprint density at radius 3 is 2.67 bits per heavy atom. The largest absolute Gasteiger partial charge is 0.311 e. The molecule has 2 atom stereocenters. The average molecular weight is 268 g/mol. The van der Waals surface area contributed by atoms with E-state index in [0.29, 0.717) is 12.1 Å². The number of hydrogen-bond acceptors (Lipinski definition) is 1. The summed E-state index contributed by atoms with van der Waals surface area (Å²) in [4.78, 5) is 0. The van der Waals surface area contributed by atoms with Gasteiger partial charge in [-0.05, 0) is 43.9 Å². The predicted molar refractivity (Wildman–Crippen MR) is 81.4 cm³/mol. The van der Waals surface area contributed by atoms with E-state index in [-0.39, 0.29) is 0 Å². The lowest BCUT2D eigenvalue weighted by Crippen LogP contribution is -2.37. The first kappa shape index (κ1) is 15.5. The van der Waals surface area contributed by atoms with Crippen molar-refractivity contribution >= 4 is 11.6 Å². The van der Waals surface area contributed by atoms with Gasteiger partial charge in [-0.1, -0.05) is 50.4 Å². The van der Waals surface area contributed by atoms with Crippen LogP contribution in [-0.4, -0.2) is 12.1 Å². The molecule has 0 saturated heterocycles. The lowest BCUT2D eigenvalue weighted by atomic mass is 10.0. The van der Waals surface area contributed by atoms with Gasteiger partial charge in [0.25, 0.3) is 0 Å². The Balaban J connectivity index is 2.42. The van der Waals surface area contributed by atoms with E-state index in [9.17, 15) is 0 Å². The van der Waals surface area contributed by atoms with Crippen molar-refractivity contribution in [2.24, 2.45) is 0 Å². The molecule has 0 bridgehead atoms. The van der Waals surface area contributed by atoms with Crippen molar-refractivity contribution in [1.82, 2.24) is 5.32 Å². The predicted octanol–water partition coefficient (Wildman–Crippen LogP) is 4.83. The maximum atomic E-state index is 6.01. The van der Waals surface area contributed by atoms with Crippen LogP contribution >= 0.6 is 11.6 Å². The Kier molecular flexibility index (Phi) is 7.38. The summed E-state index contributed by atoms with van der Waals surface area (Å²) < 4.78 is 0. The SMILES string of the molecule is CCCCC(CC)NC(C)Cc1cccc(Cl)c1. The van der Waals surface area contributed by atoms with Crippen LogP contribution in [0.2, 0.25) is 5.02 Å². The zero-order valence-electron chi connectivity index (χ0n) is 11.9. The number of nitrogens with one attached hydrogen (secondary N) is 1. The molecule has 1 aromatic carbocycles. The molecule has 102 valence electrons. The molecule has 1 rings (SSSR count). The topological polar surface area (TPSA) is 12.0 Å². The van der Waals surface area contributed by atoms with E-state index in [1.165, 1.54) is 31.2 Å². The minimum absolute atomic E-state index is 0.505. The first-order valence-corrected chi connectivity index (χ1v) is 7.54. The third kappa shape index (κ3) is 5.88. The molecular formula is C16H26ClN. The van der Waals surface area contributed by atoms with Gasteiger partial charge in [-0.3, -0.25) is 0 Å². The van der Waals surface area contributed by atoms with E-state index in [0.717, 1.165) is 11.4 Å². The van der Waals surface area contributed by atoms with Gasteiger partial charge in [-0.25, -0.2) is 0 Å². The summed E-state index contributed by atoms with van der Waals surface area (Å²) >= 11 is 6.01. The van der Waals surface area contributed by atoms with Gasteiger partial charge in [-0.2, -0.15) is 0 Å². The molecule has 0 heterocycles. The molecule has 0 amide bonds. The molecule has 0 saturated carbocycles. The number of benzene rings is 1. The molecule has 0 aliphatic rings. The van der Waals surface area contributed by atoms with E-state index < -0.39 is 0 Å². The Morgan fingerprint density at radius 1 is 1.28 bits per heavy atom. The molecule has 0 aromatic heterocycles. The summed E-state index contributed by atoms with van der Waals surface area (Å²) in [5.74, 6) is 0. The first-order chi connectivity index (χ1) is 8.65. The Labute approximate surface area is 117 Å². The molecule has 2 heteroatoms. The number of halogens is 1. The molecule has 0 aliphatic carbocycles. The summed E-state index contributed by atoms with van der Waals surface area (Å²) in [5, 5.41) is 4.56. The van der Waals surface area contributed by atoms with Gasteiger partial charge >= 0.3 is 0 Å². The Morgan fingerprint density at radius 2 is 2.06 bits per heavy atom. The van der Waals surface area contributed by atoms with Crippen LogP contribution in [0.25, 0.3) is 0 Å². The fourth-order valence-corrected chi connectivity index (χ4v) is 2.55. The maximum absolute atomic E-state index is 6.01. The minimum Gasteiger partial charge on any atom is -0.311 e. The van der Waals surface area contributed by atoms with Crippen LogP contribution < -0.4 is 5.32 Å². The van der Waals surface area contributed by atoms with E-state index in [1.807, 2.05) is 12.1 Å². The van der Waals surface area contributed by atoms with Crippen LogP contribution in [0.3, 0.4) is 0 Å². The zero-order chi connectivity index (χ0) is 13.4. The molecule has 0 aliphatic heterocycles. The van der Waals surface area contributed by atoms with Gasteiger partial charge in [0.1, 0.15) is 0 Å². The van der Waals surface area contributed by atoms with Crippen LogP contribution in [0.5, 0.6) is 0 Å². The smallest absolute Gasteiger partial charge is 0.0408 e.